The zero-order chi connectivity index (χ0) is 14.9. The van der Waals surface area contributed by atoms with Crippen LogP contribution in [0, 0.1) is 16.5 Å². The molecule has 1 aliphatic rings. The van der Waals surface area contributed by atoms with Gasteiger partial charge in [0.2, 0.25) is 5.79 Å². The highest BCUT2D eigenvalue weighted by Crippen LogP contribution is 2.45. The Labute approximate surface area is 124 Å². The molecule has 1 aliphatic heterocycles. The molecule has 1 saturated heterocycles. The van der Waals surface area contributed by atoms with Gasteiger partial charge in [0, 0.05) is 12.5 Å². The van der Waals surface area contributed by atoms with Crippen LogP contribution in [0.5, 0.6) is 5.75 Å². The summed E-state index contributed by atoms with van der Waals surface area (Å²) in [6, 6.07) is 9.67. The Morgan fingerprint density at radius 1 is 1.19 bits per heavy atom. The van der Waals surface area contributed by atoms with Crippen LogP contribution in [0.4, 0.5) is 5.00 Å². The predicted molar refractivity (Wildman–Crippen MR) is 76.1 cm³/mol. The molecule has 0 saturated carbocycles. The number of rotatable bonds is 3. The molecule has 1 aromatic carbocycles. The van der Waals surface area contributed by atoms with Gasteiger partial charge < -0.3 is 14.6 Å². The Hall–Kier alpha value is -1.96. The zero-order valence-electron chi connectivity index (χ0n) is 10.9. The Kier molecular flexibility index (Phi) is 3.62. The third-order valence-corrected chi connectivity index (χ3v) is 4.28. The van der Waals surface area contributed by atoms with Crippen LogP contribution in [0.3, 0.4) is 0 Å². The van der Waals surface area contributed by atoms with Gasteiger partial charge in [-0.25, -0.2) is 0 Å². The van der Waals surface area contributed by atoms with Crippen LogP contribution < -0.4 is 0 Å². The second-order valence-electron chi connectivity index (χ2n) is 4.44. The molecule has 0 amide bonds. The molecule has 1 aromatic heterocycles. The van der Waals surface area contributed by atoms with Crippen LogP contribution in [0.15, 0.2) is 36.4 Å². The fourth-order valence-corrected chi connectivity index (χ4v) is 3.16. The summed E-state index contributed by atoms with van der Waals surface area (Å²) in [5, 5.41) is 21.0. The molecule has 0 aliphatic carbocycles. The maximum Gasteiger partial charge on any atom is 0.324 e. The molecule has 21 heavy (non-hydrogen) atoms. The lowest BCUT2D eigenvalue weighted by Gasteiger charge is -2.36. The van der Waals surface area contributed by atoms with Crippen molar-refractivity contribution in [2.45, 2.75) is 5.79 Å². The quantitative estimate of drug-likeness (QED) is 0.696. The summed E-state index contributed by atoms with van der Waals surface area (Å²) in [4.78, 5) is 11.0. The number of thiophene rings is 1. The van der Waals surface area contributed by atoms with E-state index < -0.39 is 10.7 Å². The van der Waals surface area contributed by atoms with E-state index >= 15 is 0 Å². The standard InChI is InChI=1S/C14H12NO5S/c16-11-5-2-1-4-10(11)14(19-8-3-9-20-14)12-6-7-13(21-12)15(17)18/h1-7,16H,8-9H2. The zero-order valence-corrected chi connectivity index (χ0v) is 11.7. The van der Waals surface area contributed by atoms with Gasteiger partial charge in [-0.3, -0.25) is 10.1 Å². The highest BCUT2D eigenvalue weighted by Gasteiger charge is 2.43. The van der Waals surface area contributed by atoms with Crippen LogP contribution in [-0.2, 0) is 15.3 Å². The van der Waals surface area contributed by atoms with Crippen molar-refractivity contribution in [1.82, 2.24) is 0 Å². The summed E-state index contributed by atoms with van der Waals surface area (Å²) in [5.41, 5.74) is 0.440. The second kappa shape index (κ2) is 5.44. The molecule has 109 valence electrons. The van der Waals surface area contributed by atoms with E-state index in [1.807, 2.05) is 0 Å². The lowest BCUT2D eigenvalue weighted by atomic mass is 10.0. The minimum Gasteiger partial charge on any atom is -0.507 e. The largest absolute Gasteiger partial charge is 0.507 e. The van der Waals surface area contributed by atoms with Gasteiger partial charge in [-0.1, -0.05) is 23.5 Å². The SMILES string of the molecule is O=[N+]([O-])c1ccc(C2(c3ccccc3O)OC[CH]CO2)s1. The third kappa shape index (κ3) is 2.39. The maximum absolute atomic E-state index is 10.9. The summed E-state index contributed by atoms with van der Waals surface area (Å²) in [6.45, 7) is 0.667. The van der Waals surface area contributed by atoms with Crippen LogP contribution in [0.2, 0.25) is 0 Å². The Bertz CT molecular complexity index is 663. The van der Waals surface area contributed by atoms with Crippen LogP contribution in [0.25, 0.3) is 0 Å². The maximum atomic E-state index is 10.9. The minimum atomic E-state index is -1.31. The van der Waals surface area contributed by atoms with E-state index in [4.69, 9.17) is 9.47 Å². The van der Waals surface area contributed by atoms with E-state index in [0.29, 0.717) is 23.7 Å². The van der Waals surface area contributed by atoms with Gasteiger partial charge in [0.1, 0.15) is 5.75 Å². The molecule has 7 heteroatoms. The van der Waals surface area contributed by atoms with Gasteiger partial charge in [0.25, 0.3) is 0 Å². The van der Waals surface area contributed by atoms with Crippen LogP contribution in [-0.4, -0.2) is 23.2 Å². The summed E-state index contributed by atoms with van der Waals surface area (Å²) in [6.07, 6.45) is 1.81. The van der Waals surface area contributed by atoms with Gasteiger partial charge in [-0.2, -0.15) is 0 Å². The number of benzene rings is 1. The average molecular weight is 306 g/mol. The number of phenolic OH excluding ortho intramolecular Hbond substituents is 1. The van der Waals surface area contributed by atoms with Gasteiger partial charge in [0.05, 0.1) is 28.6 Å². The van der Waals surface area contributed by atoms with Crippen molar-refractivity contribution in [3.63, 3.8) is 0 Å². The van der Waals surface area contributed by atoms with Gasteiger partial charge in [-0.15, -0.1) is 0 Å². The van der Waals surface area contributed by atoms with Crippen LogP contribution in [0.1, 0.15) is 10.4 Å². The molecule has 6 nitrogen and oxygen atoms in total. The van der Waals surface area contributed by atoms with E-state index in [-0.39, 0.29) is 10.8 Å². The van der Waals surface area contributed by atoms with E-state index in [2.05, 4.69) is 0 Å². The molecule has 0 spiro atoms. The topological polar surface area (TPSA) is 81.8 Å². The smallest absolute Gasteiger partial charge is 0.324 e. The van der Waals surface area contributed by atoms with Crippen LogP contribution >= 0.6 is 11.3 Å². The monoisotopic (exact) mass is 306 g/mol. The van der Waals surface area contributed by atoms with Crippen molar-refractivity contribution in [3.8, 4) is 5.75 Å². The highest BCUT2D eigenvalue weighted by molar-refractivity contribution is 7.15. The molecular weight excluding hydrogens is 294 g/mol. The van der Waals surface area contributed by atoms with Gasteiger partial charge in [0.15, 0.2) is 0 Å². The average Bonchev–Trinajstić information content (AvgIpc) is 2.99. The van der Waals surface area contributed by atoms with Crippen molar-refractivity contribution in [3.05, 3.63) is 63.4 Å². The number of hydrogen-bond donors (Lipinski definition) is 1. The number of aromatic hydroxyl groups is 1. The Balaban J connectivity index is 2.12. The van der Waals surface area contributed by atoms with Crippen molar-refractivity contribution >= 4 is 16.3 Å². The first-order chi connectivity index (χ1) is 10.1. The first-order valence-corrected chi connectivity index (χ1v) is 7.08. The van der Waals surface area contributed by atoms with E-state index in [9.17, 15) is 15.2 Å². The summed E-state index contributed by atoms with van der Waals surface area (Å²) >= 11 is 0.976. The molecular formula is C14H12NO5S. The first-order valence-electron chi connectivity index (χ1n) is 6.26. The van der Waals surface area contributed by atoms with Crippen molar-refractivity contribution < 1.29 is 19.5 Å². The van der Waals surface area contributed by atoms with E-state index in [0.717, 1.165) is 11.3 Å². The van der Waals surface area contributed by atoms with Crippen molar-refractivity contribution in [2.75, 3.05) is 13.2 Å². The number of phenols is 1. The third-order valence-electron chi connectivity index (χ3n) is 3.16. The molecule has 1 fully saturated rings. The Morgan fingerprint density at radius 2 is 1.90 bits per heavy atom. The molecule has 0 atom stereocenters. The number of hydrogen-bond acceptors (Lipinski definition) is 6. The molecule has 0 bridgehead atoms. The normalized spacial score (nSPS) is 17.5. The fourth-order valence-electron chi connectivity index (χ4n) is 2.23. The molecule has 3 rings (SSSR count). The fraction of sp³-hybridized carbons (Fsp3) is 0.214. The van der Waals surface area contributed by atoms with Gasteiger partial charge in [-0.05, 0) is 18.2 Å². The number of ether oxygens (including phenoxy) is 2. The van der Waals surface area contributed by atoms with E-state index in [1.54, 1.807) is 30.7 Å². The molecule has 0 unspecified atom stereocenters. The van der Waals surface area contributed by atoms with Gasteiger partial charge >= 0.3 is 5.00 Å². The second-order valence-corrected chi connectivity index (χ2v) is 5.50. The lowest BCUT2D eigenvalue weighted by molar-refractivity contribution is -0.380. The van der Waals surface area contributed by atoms with Crippen molar-refractivity contribution in [1.29, 1.82) is 0 Å². The van der Waals surface area contributed by atoms with Crippen molar-refractivity contribution in [2.24, 2.45) is 0 Å². The number of para-hydroxylation sites is 1. The molecule has 1 N–H and O–H groups in total. The molecule has 2 aromatic rings. The van der Waals surface area contributed by atoms with E-state index in [1.165, 1.54) is 12.1 Å². The number of nitro groups is 1. The summed E-state index contributed by atoms with van der Waals surface area (Å²) in [7, 11) is 0. The predicted octanol–water partition coefficient (Wildman–Crippen LogP) is 2.81. The lowest BCUT2D eigenvalue weighted by Crippen LogP contribution is -2.38. The minimum absolute atomic E-state index is 0.00143. The number of nitrogens with zero attached hydrogens (tertiary/aromatic N) is 1. The summed E-state index contributed by atoms with van der Waals surface area (Å²) in [5.74, 6) is -1.28. The summed E-state index contributed by atoms with van der Waals surface area (Å²) < 4.78 is 11.5. The first kappa shape index (κ1) is 14.0. The highest BCUT2D eigenvalue weighted by atomic mass is 32.1. The molecule has 2 heterocycles. The Morgan fingerprint density at radius 3 is 2.52 bits per heavy atom. The molecule has 1 radical (unpaired) electrons.